The smallest absolute Gasteiger partial charge is 0.305 e. The third-order valence-corrected chi connectivity index (χ3v) is 2.75. The molecule has 0 amide bonds. The summed E-state index contributed by atoms with van der Waals surface area (Å²) in [4.78, 5) is 21.1. The standard InChI is InChI=1S/C13H24O4/c1-17-13(16)11-9-7-5-3-2-4-6-8-10-12(14)15/h2-11H2,1H3,(H,14,15). The molecule has 4 nitrogen and oxygen atoms in total. The molecule has 0 aliphatic heterocycles. The number of rotatable bonds is 11. The van der Waals surface area contributed by atoms with E-state index in [0.29, 0.717) is 12.8 Å². The van der Waals surface area contributed by atoms with Gasteiger partial charge in [0.05, 0.1) is 7.11 Å². The highest BCUT2D eigenvalue weighted by Gasteiger charge is 1.99. The summed E-state index contributed by atoms with van der Waals surface area (Å²) in [5.41, 5.74) is 0. The summed E-state index contributed by atoms with van der Waals surface area (Å²) in [5, 5.41) is 8.44. The summed E-state index contributed by atoms with van der Waals surface area (Å²) in [7, 11) is 1.42. The van der Waals surface area contributed by atoms with E-state index in [1.807, 2.05) is 0 Å². The third-order valence-electron chi connectivity index (χ3n) is 2.75. The SMILES string of the molecule is COC(=O)CCCCCCCCCCC(=O)O. The molecule has 100 valence electrons. The van der Waals surface area contributed by atoms with Crippen molar-refractivity contribution >= 4 is 11.9 Å². The number of hydrogen-bond acceptors (Lipinski definition) is 3. The van der Waals surface area contributed by atoms with E-state index in [2.05, 4.69) is 4.74 Å². The molecule has 0 aromatic rings. The molecule has 0 atom stereocenters. The number of unbranched alkanes of at least 4 members (excludes halogenated alkanes) is 7. The number of methoxy groups -OCH3 is 1. The van der Waals surface area contributed by atoms with Crippen molar-refractivity contribution in [2.24, 2.45) is 0 Å². The maximum absolute atomic E-state index is 10.8. The van der Waals surface area contributed by atoms with E-state index < -0.39 is 5.97 Å². The van der Waals surface area contributed by atoms with Crippen LogP contribution in [0.4, 0.5) is 0 Å². The van der Waals surface area contributed by atoms with Crippen LogP contribution in [0.1, 0.15) is 64.2 Å². The second-order valence-corrected chi connectivity index (χ2v) is 4.30. The Morgan fingerprint density at radius 1 is 0.824 bits per heavy atom. The number of aliphatic carboxylic acids is 1. The lowest BCUT2D eigenvalue weighted by molar-refractivity contribution is -0.141. The predicted molar refractivity (Wildman–Crippen MR) is 65.8 cm³/mol. The summed E-state index contributed by atoms with van der Waals surface area (Å²) >= 11 is 0. The van der Waals surface area contributed by atoms with Gasteiger partial charge in [-0.15, -0.1) is 0 Å². The maximum atomic E-state index is 10.8. The molecule has 0 heterocycles. The molecule has 0 saturated heterocycles. The molecule has 0 aliphatic carbocycles. The van der Waals surface area contributed by atoms with Crippen LogP contribution in [0.5, 0.6) is 0 Å². The lowest BCUT2D eigenvalue weighted by Crippen LogP contribution is -1.99. The van der Waals surface area contributed by atoms with Crippen LogP contribution in [0.3, 0.4) is 0 Å². The zero-order valence-corrected chi connectivity index (χ0v) is 10.7. The zero-order chi connectivity index (χ0) is 12.9. The van der Waals surface area contributed by atoms with Gasteiger partial charge < -0.3 is 9.84 Å². The van der Waals surface area contributed by atoms with Gasteiger partial charge in [0.25, 0.3) is 0 Å². The van der Waals surface area contributed by atoms with E-state index in [4.69, 9.17) is 5.11 Å². The summed E-state index contributed by atoms with van der Waals surface area (Å²) in [6, 6.07) is 0. The van der Waals surface area contributed by atoms with Gasteiger partial charge in [-0.3, -0.25) is 9.59 Å². The predicted octanol–water partition coefficient (Wildman–Crippen LogP) is 3.15. The molecule has 0 radical (unpaired) electrons. The van der Waals surface area contributed by atoms with E-state index in [0.717, 1.165) is 44.9 Å². The third kappa shape index (κ3) is 12.9. The van der Waals surface area contributed by atoms with Crippen molar-refractivity contribution in [2.75, 3.05) is 7.11 Å². The van der Waals surface area contributed by atoms with Crippen LogP contribution in [0.25, 0.3) is 0 Å². The normalized spacial score (nSPS) is 10.2. The molecule has 0 unspecified atom stereocenters. The Bertz CT molecular complexity index is 213. The Labute approximate surface area is 103 Å². The number of carboxylic acids is 1. The van der Waals surface area contributed by atoms with Crippen LogP contribution >= 0.6 is 0 Å². The van der Waals surface area contributed by atoms with E-state index in [-0.39, 0.29) is 5.97 Å². The van der Waals surface area contributed by atoms with Gasteiger partial charge in [0, 0.05) is 12.8 Å². The van der Waals surface area contributed by atoms with Crippen LogP contribution in [0, 0.1) is 0 Å². The van der Waals surface area contributed by atoms with Gasteiger partial charge in [-0.1, -0.05) is 38.5 Å². The van der Waals surface area contributed by atoms with Crippen molar-refractivity contribution in [1.82, 2.24) is 0 Å². The number of esters is 1. The van der Waals surface area contributed by atoms with E-state index >= 15 is 0 Å². The zero-order valence-electron chi connectivity index (χ0n) is 10.7. The first-order valence-corrected chi connectivity index (χ1v) is 6.45. The molecule has 0 saturated carbocycles. The van der Waals surface area contributed by atoms with Gasteiger partial charge in [0.2, 0.25) is 0 Å². The van der Waals surface area contributed by atoms with Crippen LogP contribution < -0.4 is 0 Å². The fourth-order valence-corrected chi connectivity index (χ4v) is 1.71. The average molecular weight is 244 g/mol. The first-order chi connectivity index (χ1) is 8.16. The lowest BCUT2D eigenvalue weighted by Gasteiger charge is -2.01. The van der Waals surface area contributed by atoms with Crippen LogP contribution in [0.2, 0.25) is 0 Å². The van der Waals surface area contributed by atoms with E-state index in [9.17, 15) is 9.59 Å². The minimum Gasteiger partial charge on any atom is -0.481 e. The van der Waals surface area contributed by atoms with Gasteiger partial charge in [0.15, 0.2) is 0 Å². The van der Waals surface area contributed by atoms with Crippen molar-refractivity contribution in [3.05, 3.63) is 0 Å². The average Bonchev–Trinajstić information content (AvgIpc) is 2.30. The first-order valence-electron chi connectivity index (χ1n) is 6.45. The quantitative estimate of drug-likeness (QED) is 0.448. The van der Waals surface area contributed by atoms with E-state index in [1.54, 1.807) is 0 Å². The number of carbonyl (C=O) groups is 2. The molecule has 1 N–H and O–H groups in total. The molecule has 4 heteroatoms. The molecule has 0 spiro atoms. The van der Waals surface area contributed by atoms with Gasteiger partial charge in [-0.25, -0.2) is 0 Å². The highest BCUT2D eigenvalue weighted by atomic mass is 16.5. The Hall–Kier alpha value is -1.06. The van der Waals surface area contributed by atoms with Gasteiger partial charge in [-0.2, -0.15) is 0 Å². The number of hydrogen-bond donors (Lipinski definition) is 1. The molecule has 0 aromatic carbocycles. The maximum Gasteiger partial charge on any atom is 0.305 e. The molecular weight excluding hydrogens is 220 g/mol. The molecule has 0 bridgehead atoms. The fraction of sp³-hybridized carbons (Fsp3) is 0.846. The summed E-state index contributed by atoms with van der Waals surface area (Å²) in [6.45, 7) is 0. The van der Waals surface area contributed by atoms with Crippen molar-refractivity contribution in [3.63, 3.8) is 0 Å². The Morgan fingerprint density at radius 3 is 1.65 bits per heavy atom. The molecule has 17 heavy (non-hydrogen) atoms. The topological polar surface area (TPSA) is 63.6 Å². The van der Waals surface area contributed by atoms with Crippen molar-refractivity contribution in [2.45, 2.75) is 64.2 Å². The monoisotopic (exact) mass is 244 g/mol. The summed E-state index contributed by atoms with van der Waals surface area (Å²) < 4.78 is 4.55. The number of ether oxygens (including phenoxy) is 1. The van der Waals surface area contributed by atoms with Crippen LogP contribution in [-0.4, -0.2) is 24.2 Å². The molecule has 0 aliphatic rings. The first kappa shape index (κ1) is 15.9. The molecule has 0 rings (SSSR count). The minimum atomic E-state index is -0.701. The molecule has 0 fully saturated rings. The molecule has 0 aromatic heterocycles. The van der Waals surface area contributed by atoms with Gasteiger partial charge in [0.1, 0.15) is 0 Å². The largest absolute Gasteiger partial charge is 0.481 e. The van der Waals surface area contributed by atoms with E-state index in [1.165, 1.54) is 13.5 Å². The summed E-state index contributed by atoms with van der Waals surface area (Å²) in [5.74, 6) is -0.827. The minimum absolute atomic E-state index is 0.126. The summed E-state index contributed by atoms with van der Waals surface area (Å²) in [6.07, 6.45) is 9.20. The van der Waals surface area contributed by atoms with Crippen molar-refractivity contribution in [3.8, 4) is 0 Å². The number of carbonyl (C=O) groups excluding carboxylic acids is 1. The van der Waals surface area contributed by atoms with Gasteiger partial charge >= 0.3 is 11.9 Å². The lowest BCUT2D eigenvalue weighted by atomic mass is 10.1. The Morgan fingerprint density at radius 2 is 1.24 bits per heavy atom. The van der Waals surface area contributed by atoms with Crippen molar-refractivity contribution in [1.29, 1.82) is 0 Å². The highest BCUT2D eigenvalue weighted by molar-refractivity contribution is 5.68. The Kier molecular flexibility index (Phi) is 10.7. The fourth-order valence-electron chi connectivity index (χ4n) is 1.71. The molecular formula is C13H24O4. The second kappa shape index (κ2) is 11.4. The van der Waals surface area contributed by atoms with Crippen LogP contribution in [0.15, 0.2) is 0 Å². The highest BCUT2D eigenvalue weighted by Crippen LogP contribution is 2.10. The van der Waals surface area contributed by atoms with Gasteiger partial charge in [-0.05, 0) is 12.8 Å². The Balaban J connectivity index is 3.03. The van der Waals surface area contributed by atoms with Crippen LogP contribution in [-0.2, 0) is 14.3 Å². The second-order valence-electron chi connectivity index (χ2n) is 4.30. The van der Waals surface area contributed by atoms with Crippen molar-refractivity contribution < 1.29 is 19.4 Å². The number of carboxylic acid groups (broad SMARTS) is 1.